The first-order valence-corrected chi connectivity index (χ1v) is 8.44. The summed E-state index contributed by atoms with van der Waals surface area (Å²) in [6.45, 7) is 5.47. The summed E-state index contributed by atoms with van der Waals surface area (Å²) in [5.74, 6) is 0.161. The molecule has 1 unspecified atom stereocenters. The minimum Gasteiger partial charge on any atom is -0.481 e. The first-order chi connectivity index (χ1) is 9.56. The Hall–Kier alpha value is -0.950. The van der Waals surface area contributed by atoms with Crippen molar-refractivity contribution in [2.75, 3.05) is 44.7 Å². The molecule has 7 heteroatoms. The van der Waals surface area contributed by atoms with Gasteiger partial charge in [-0.1, -0.05) is 6.92 Å². The van der Waals surface area contributed by atoms with E-state index in [4.69, 9.17) is 5.11 Å². The van der Waals surface area contributed by atoms with Gasteiger partial charge in [-0.05, 0) is 12.7 Å². The van der Waals surface area contributed by atoms with E-state index in [0.29, 0.717) is 19.6 Å². The van der Waals surface area contributed by atoms with Crippen LogP contribution >= 0.6 is 11.8 Å². The largest absolute Gasteiger partial charge is 0.481 e. The molecule has 0 bridgehead atoms. The lowest BCUT2D eigenvalue weighted by molar-refractivity contribution is -0.137. The molecule has 1 saturated heterocycles. The molecule has 1 fully saturated rings. The van der Waals surface area contributed by atoms with Crippen molar-refractivity contribution in [3.8, 4) is 0 Å². The highest BCUT2D eigenvalue weighted by Crippen LogP contribution is 2.06. The molecule has 0 aliphatic carbocycles. The van der Waals surface area contributed by atoms with Crippen LogP contribution in [-0.2, 0) is 4.79 Å². The molecule has 0 radical (unpaired) electrons. The molecule has 1 aliphatic rings. The van der Waals surface area contributed by atoms with E-state index in [2.05, 4.69) is 17.1 Å². The molecule has 0 aromatic rings. The van der Waals surface area contributed by atoms with E-state index < -0.39 is 5.97 Å². The van der Waals surface area contributed by atoms with Crippen molar-refractivity contribution in [3.05, 3.63) is 0 Å². The summed E-state index contributed by atoms with van der Waals surface area (Å²) < 4.78 is 0. The maximum atomic E-state index is 12.1. The van der Waals surface area contributed by atoms with E-state index in [0.717, 1.165) is 25.3 Å². The second kappa shape index (κ2) is 9.07. The lowest BCUT2D eigenvalue weighted by Crippen LogP contribution is -2.53. The number of thioether (sulfide) groups is 1. The maximum absolute atomic E-state index is 12.1. The number of piperazine rings is 1. The van der Waals surface area contributed by atoms with E-state index in [1.807, 2.05) is 11.2 Å². The fraction of sp³-hybridized carbons (Fsp3) is 0.846. The Labute approximate surface area is 124 Å². The summed E-state index contributed by atoms with van der Waals surface area (Å²) in [6, 6.07) is 0.228. The molecule has 0 spiro atoms. The Kier molecular flexibility index (Phi) is 7.76. The van der Waals surface area contributed by atoms with Crippen LogP contribution in [0.4, 0.5) is 4.79 Å². The van der Waals surface area contributed by atoms with Gasteiger partial charge in [-0.15, -0.1) is 0 Å². The summed E-state index contributed by atoms with van der Waals surface area (Å²) in [7, 11) is 0. The summed E-state index contributed by atoms with van der Waals surface area (Å²) >= 11 is 1.74. The van der Waals surface area contributed by atoms with Crippen LogP contribution < -0.4 is 5.32 Å². The molecule has 1 rings (SSSR count). The average Bonchev–Trinajstić information content (AvgIpc) is 2.45. The minimum atomic E-state index is -0.770. The quantitative estimate of drug-likeness (QED) is 0.732. The number of hydrogen-bond donors (Lipinski definition) is 2. The third-order valence-electron chi connectivity index (χ3n) is 3.49. The molecular formula is C13H25N3O3S. The smallest absolute Gasteiger partial charge is 0.317 e. The highest BCUT2D eigenvalue weighted by Gasteiger charge is 2.22. The third-order valence-corrected chi connectivity index (χ3v) is 4.23. The van der Waals surface area contributed by atoms with Gasteiger partial charge in [-0.2, -0.15) is 11.8 Å². The van der Waals surface area contributed by atoms with Gasteiger partial charge in [0.15, 0.2) is 0 Å². The molecule has 1 atom stereocenters. The number of carbonyl (C=O) groups excluding carboxylic acids is 1. The fourth-order valence-electron chi connectivity index (χ4n) is 2.16. The van der Waals surface area contributed by atoms with Gasteiger partial charge < -0.3 is 15.3 Å². The van der Waals surface area contributed by atoms with Gasteiger partial charge in [0.05, 0.1) is 6.42 Å². The zero-order chi connectivity index (χ0) is 15.0. The Morgan fingerprint density at radius 2 is 1.95 bits per heavy atom. The third kappa shape index (κ3) is 6.00. The fourth-order valence-corrected chi connectivity index (χ4v) is 2.88. The lowest BCUT2D eigenvalue weighted by atomic mass is 10.2. The predicted octanol–water partition coefficient (Wildman–Crippen LogP) is 0.930. The number of aliphatic carboxylic acids is 1. The molecular weight excluding hydrogens is 278 g/mol. The number of carboxylic acid groups (broad SMARTS) is 1. The number of hydrogen-bond acceptors (Lipinski definition) is 4. The number of carboxylic acids is 1. The molecule has 2 amide bonds. The molecule has 0 aromatic carbocycles. The second-order valence-electron chi connectivity index (χ2n) is 4.98. The number of rotatable bonds is 7. The van der Waals surface area contributed by atoms with Crippen LogP contribution in [-0.4, -0.2) is 77.7 Å². The van der Waals surface area contributed by atoms with Crippen LogP contribution in [0.15, 0.2) is 0 Å². The zero-order valence-corrected chi connectivity index (χ0v) is 13.1. The molecule has 0 saturated carbocycles. The molecule has 6 nitrogen and oxygen atoms in total. The van der Waals surface area contributed by atoms with Gasteiger partial charge in [-0.25, -0.2) is 4.79 Å². The summed E-state index contributed by atoms with van der Waals surface area (Å²) in [5.41, 5.74) is 0. The van der Waals surface area contributed by atoms with Gasteiger partial charge in [0.1, 0.15) is 0 Å². The van der Waals surface area contributed by atoms with E-state index in [1.54, 1.807) is 11.8 Å². The highest BCUT2D eigenvalue weighted by molar-refractivity contribution is 7.98. The summed E-state index contributed by atoms with van der Waals surface area (Å²) in [5, 5.41) is 11.7. The molecule has 116 valence electrons. The molecule has 1 heterocycles. The Bertz CT molecular complexity index is 320. The van der Waals surface area contributed by atoms with Crippen molar-refractivity contribution in [1.82, 2.24) is 15.1 Å². The number of urea groups is 1. The van der Waals surface area contributed by atoms with Crippen LogP contribution in [0, 0.1) is 0 Å². The standard InChI is InChI=1S/C13H25N3O3S/c1-3-11(10-20-2)14-13(19)16-8-6-15(7-9-16)5-4-12(17)18/h11H,3-10H2,1-2H3,(H,14,19)(H,17,18). The number of nitrogens with zero attached hydrogens (tertiary/aromatic N) is 2. The highest BCUT2D eigenvalue weighted by atomic mass is 32.2. The van der Waals surface area contributed by atoms with E-state index in [1.165, 1.54) is 0 Å². The number of nitrogens with one attached hydrogen (secondary N) is 1. The van der Waals surface area contributed by atoms with Crippen LogP contribution in [0.2, 0.25) is 0 Å². The van der Waals surface area contributed by atoms with Gasteiger partial charge >= 0.3 is 12.0 Å². The average molecular weight is 303 g/mol. The SMILES string of the molecule is CCC(CSC)NC(=O)N1CCN(CCC(=O)O)CC1. The predicted molar refractivity (Wildman–Crippen MR) is 81.3 cm³/mol. The normalized spacial score (nSPS) is 17.8. The van der Waals surface area contributed by atoms with Crippen molar-refractivity contribution in [1.29, 1.82) is 0 Å². The van der Waals surface area contributed by atoms with Crippen molar-refractivity contribution in [3.63, 3.8) is 0 Å². The van der Waals surface area contributed by atoms with Gasteiger partial charge in [-0.3, -0.25) is 9.69 Å². The van der Waals surface area contributed by atoms with Crippen molar-refractivity contribution in [2.45, 2.75) is 25.8 Å². The lowest BCUT2D eigenvalue weighted by Gasteiger charge is -2.35. The van der Waals surface area contributed by atoms with Crippen LogP contribution in [0.1, 0.15) is 19.8 Å². The van der Waals surface area contributed by atoms with E-state index in [9.17, 15) is 9.59 Å². The minimum absolute atomic E-state index is 0.00350. The molecule has 20 heavy (non-hydrogen) atoms. The Balaban J connectivity index is 2.29. The van der Waals surface area contributed by atoms with Crippen molar-refractivity contribution < 1.29 is 14.7 Å². The van der Waals surface area contributed by atoms with Gasteiger partial charge in [0.2, 0.25) is 0 Å². The molecule has 0 aromatic heterocycles. The van der Waals surface area contributed by atoms with Crippen LogP contribution in [0.3, 0.4) is 0 Å². The van der Waals surface area contributed by atoms with Gasteiger partial charge in [0, 0.05) is 44.5 Å². The van der Waals surface area contributed by atoms with Crippen LogP contribution in [0.25, 0.3) is 0 Å². The monoisotopic (exact) mass is 303 g/mol. The molecule has 2 N–H and O–H groups in total. The Morgan fingerprint density at radius 1 is 1.30 bits per heavy atom. The first-order valence-electron chi connectivity index (χ1n) is 7.05. The molecule has 1 aliphatic heterocycles. The van der Waals surface area contributed by atoms with E-state index >= 15 is 0 Å². The number of amides is 2. The summed E-state index contributed by atoms with van der Waals surface area (Å²) in [6.07, 6.45) is 3.14. The second-order valence-corrected chi connectivity index (χ2v) is 5.89. The van der Waals surface area contributed by atoms with Crippen molar-refractivity contribution in [2.24, 2.45) is 0 Å². The maximum Gasteiger partial charge on any atom is 0.317 e. The Morgan fingerprint density at radius 3 is 2.45 bits per heavy atom. The zero-order valence-electron chi connectivity index (χ0n) is 12.3. The number of carbonyl (C=O) groups is 2. The van der Waals surface area contributed by atoms with Gasteiger partial charge in [0.25, 0.3) is 0 Å². The first kappa shape index (κ1) is 17.1. The summed E-state index contributed by atoms with van der Waals surface area (Å²) in [4.78, 5) is 26.5. The topological polar surface area (TPSA) is 72.9 Å². The van der Waals surface area contributed by atoms with Crippen LogP contribution in [0.5, 0.6) is 0 Å². The van der Waals surface area contributed by atoms with Crippen molar-refractivity contribution >= 4 is 23.8 Å². The van der Waals surface area contributed by atoms with E-state index in [-0.39, 0.29) is 18.5 Å².